The molecule has 0 saturated carbocycles. The Kier molecular flexibility index (Phi) is 8.85. The fourth-order valence-corrected chi connectivity index (χ4v) is 2.41. The van der Waals surface area contributed by atoms with Crippen molar-refractivity contribution in [1.29, 1.82) is 0 Å². The maximum atomic E-state index is 6.29. The first kappa shape index (κ1) is 17.4. The van der Waals surface area contributed by atoms with Crippen LogP contribution in [-0.4, -0.2) is 43.3 Å². The van der Waals surface area contributed by atoms with E-state index >= 15 is 0 Å². The van der Waals surface area contributed by atoms with Gasteiger partial charge < -0.3 is 14.8 Å². The summed E-state index contributed by atoms with van der Waals surface area (Å²) in [5.41, 5.74) is 1.06. The fourth-order valence-electron chi connectivity index (χ4n) is 2.14. The molecular weight excluding hydrogens is 278 g/mol. The number of halogens is 1. The molecule has 0 aliphatic rings. The van der Waals surface area contributed by atoms with Crippen LogP contribution in [-0.2, 0) is 16.0 Å². The Morgan fingerprint density at radius 3 is 2.80 bits per heavy atom. The predicted molar refractivity (Wildman–Crippen MR) is 81.3 cm³/mol. The van der Waals surface area contributed by atoms with E-state index in [0.717, 1.165) is 36.6 Å². The van der Waals surface area contributed by atoms with E-state index in [0.29, 0.717) is 19.8 Å². The molecule has 0 saturated heterocycles. The van der Waals surface area contributed by atoms with Gasteiger partial charge in [0.25, 0.3) is 0 Å². The van der Waals surface area contributed by atoms with Crippen molar-refractivity contribution in [2.45, 2.75) is 39.3 Å². The molecule has 1 aromatic rings. The maximum absolute atomic E-state index is 6.29. The van der Waals surface area contributed by atoms with E-state index < -0.39 is 0 Å². The summed E-state index contributed by atoms with van der Waals surface area (Å²) in [5.74, 6) is 0. The third-order valence-corrected chi connectivity index (χ3v) is 3.32. The summed E-state index contributed by atoms with van der Waals surface area (Å²) >= 11 is 6.29. The monoisotopic (exact) mass is 303 g/mol. The van der Waals surface area contributed by atoms with Crippen LogP contribution in [0.25, 0.3) is 0 Å². The molecule has 20 heavy (non-hydrogen) atoms. The number of nitrogens with one attached hydrogen (secondary N) is 1. The fraction of sp³-hybridized carbons (Fsp3) is 0.786. The van der Waals surface area contributed by atoms with Gasteiger partial charge in [0.05, 0.1) is 36.2 Å². The molecule has 1 heterocycles. The molecule has 0 amide bonds. The Balaban J connectivity index is 2.62. The number of nitrogens with zero attached hydrogens (tertiary/aromatic N) is 2. The van der Waals surface area contributed by atoms with Crippen molar-refractivity contribution in [3.63, 3.8) is 0 Å². The lowest BCUT2D eigenvalue weighted by molar-refractivity contribution is 0.0655. The molecular formula is C14H26ClN3O2. The number of rotatable bonds is 11. The van der Waals surface area contributed by atoms with Gasteiger partial charge in [0.2, 0.25) is 0 Å². The van der Waals surface area contributed by atoms with Gasteiger partial charge in [0, 0.05) is 20.3 Å². The molecule has 1 atom stereocenters. The van der Waals surface area contributed by atoms with Gasteiger partial charge in [-0.05, 0) is 19.4 Å². The van der Waals surface area contributed by atoms with Gasteiger partial charge in [-0.1, -0.05) is 25.4 Å². The molecule has 1 aromatic heterocycles. The van der Waals surface area contributed by atoms with E-state index in [1.165, 1.54) is 0 Å². The molecule has 0 bridgehead atoms. The zero-order valence-electron chi connectivity index (χ0n) is 12.7. The van der Waals surface area contributed by atoms with Gasteiger partial charge in [0.1, 0.15) is 0 Å². The predicted octanol–water partition coefficient (Wildman–Crippen LogP) is 2.65. The highest BCUT2D eigenvalue weighted by molar-refractivity contribution is 6.31. The first-order valence-electron chi connectivity index (χ1n) is 7.25. The van der Waals surface area contributed by atoms with Crippen molar-refractivity contribution >= 4 is 11.6 Å². The summed E-state index contributed by atoms with van der Waals surface area (Å²) < 4.78 is 12.5. The van der Waals surface area contributed by atoms with Gasteiger partial charge in [0.15, 0.2) is 0 Å². The van der Waals surface area contributed by atoms with Crippen LogP contribution in [0, 0.1) is 0 Å². The highest BCUT2D eigenvalue weighted by Crippen LogP contribution is 2.25. The number of hydrogen-bond acceptors (Lipinski definition) is 4. The Hall–Kier alpha value is -0.620. The van der Waals surface area contributed by atoms with Gasteiger partial charge in [-0.2, -0.15) is 5.10 Å². The molecule has 1 unspecified atom stereocenters. The Morgan fingerprint density at radius 1 is 1.35 bits per heavy atom. The number of aryl methyl sites for hydroxylation is 1. The topological polar surface area (TPSA) is 48.3 Å². The van der Waals surface area contributed by atoms with E-state index in [-0.39, 0.29) is 6.04 Å². The molecule has 0 radical (unpaired) electrons. The second-order valence-corrected chi connectivity index (χ2v) is 5.01. The third kappa shape index (κ3) is 5.40. The SMILES string of the molecule is CCCn1ncc(Cl)c1C(CCOCCOC)NCC. The average molecular weight is 304 g/mol. The van der Waals surface area contributed by atoms with Crippen LogP contribution in [0.5, 0.6) is 0 Å². The van der Waals surface area contributed by atoms with E-state index in [1.807, 2.05) is 4.68 Å². The number of hydrogen-bond donors (Lipinski definition) is 1. The van der Waals surface area contributed by atoms with Crippen LogP contribution in [0.1, 0.15) is 38.4 Å². The Bertz CT molecular complexity index is 371. The zero-order chi connectivity index (χ0) is 14.8. The molecule has 1 N–H and O–H groups in total. The molecule has 0 fully saturated rings. The molecule has 0 spiro atoms. The number of aromatic nitrogens is 2. The van der Waals surface area contributed by atoms with Crippen LogP contribution >= 0.6 is 11.6 Å². The van der Waals surface area contributed by atoms with Gasteiger partial charge >= 0.3 is 0 Å². The molecule has 0 aromatic carbocycles. The molecule has 0 aliphatic heterocycles. The summed E-state index contributed by atoms with van der Waals surface area (Å²) in [6, 6.07) is 0.170. The summed E-state index contributed by atoms with van der Waals surface area (Å²) in [5, 5.41) is 8.53. The summed E-state index contributed by atoms with van der Waals surface area (Å²) in [6.07, 6.45) is 3.63. The van der Waals surface area contributed by atoms with Crippen molar-refractivity contribution in [3.8, 4) is 0 Å². The van der Waals surface area contributed by atoms with Crippen molar-refractivity contribution in [2.24, 2.45) is 0 Å². The summed E-state index contributed by atoms with van der Waals surface area (Å²) in [6.45, 7) is 7.92. The lowest BCUT2D eigenvalue weighted by Gasteiger charge is -2.20. The van der Waals surface area contributed by atoms with Gasteiger partial charge in [-0.25, -0.2) is 0 Å². The van der Waals surface area contributed by atoms with Crippen molar-refractivity contribution in [1.82, 2.24) is 15.1 Å². The second kappa shape index (κ2) is 10.2. The highest BCUT2D eigenvalue weighted by Gasteiger charge is 2.19. The Labute approximate surface area is 126 Å². The highest BCUT2D eigenvalue weighted by atomic mass is 35.5. The van der Waals surface area contributed by atoms with Crippen LogP contribution in [0.2, 0.25) is 5.02 Å². The first-order chi connectivity index (χ1) is 9.74. The van der Waals surface area contributed by atoms with Crippen LogP contribution < -0.4 is 5.32 Å². The lowest BCUT2D eigenvalue weighted by atomic mass is 10.1. The first-order valence-corrected chi connectivity index (χ1v) is 7.63. The molecule has 1 rings (SSSR count). The standard InChI is InChI=1S/C14H26ClN3O2/c1-4-7-18-14(12(15)11-17-18)13(16-5-2)6-8-20-10-9-19-3/h11,13,16H,4-10H2,1-3H3. The van der Waals surface area contributed by atoms with Crippen molar-refractivity contribution < 1.29 is 9.47 Å². The minimum absolute atomic E-state index is 0.170. The number of ether oxygens (including phenoxy) is 2. The average Bonchev–Trinajstić information content (AvgIpc) is 2.79. The lowest BCUT2D eigenvalue weighted by Crippen LogP contribution is -2.25. The largest absolute Gasteiger partial charge is 0.382 e. The quantitative estimate of drug-likeness (QED) is 0.639. The van der Waals surface area contributed by atoms with Crippen LogP contribution in [0.4, 0.5) is 0 Å². The van der Waals surface area contributed by atoms with Gasteiger partial charge in [-0.3, -0.25) is 4.68 Å². The maximum Gasteiger partial charge on any atom is 0.0834 e. The summed E-state index contributed by atoms with van der Waals surface area (Å²) in [4.78, 5) is 0. The van der Waals surface area contributed by atoms with Crippen molar-refractivity contribution in [2.75, 3.05) is 33.5 Å². The summed E-state index contributed by atoms with van der Waals surface area (Å²) in [7, 11) is 1.67. The third-order valence-electron chi connectivity index (χ3n) is 3.03. The molecule has 116 valence electrons. The minimum Gasteiger partial charge on any atom is -0.382 e. The minimum atomic E-state index is 0.170. The van der Waals surface area contributed by atoms with Crippen LogP contribution in [0.3, 0.4) is 0 Å². The van der Waals surface area contributed by atoms with Crippen LogP contribution in [0.15, 0.2) is 6.20 Å². The Morgan fingerprint density at radius 2 is 2.15 bits per heavy atom. The van der Waals surface area contributed by atoms with E-state index in [4.69, 9.17) is 21.1 Å². The smallest absolute Gasteiger partial charge is 0.0834 e. The van der Waals surface area contributed by atoms with E-state index in [2.05, 4.69) is 24.3 Å². The van der Waals surface area contributed by atoms with Crippen molar-refractivity contribution in [3.05, 3.63) is 16.9 Å². The van der Waals surface area contributed by atoms with E-state index in [1.54, 1.807) is 13.3 Å². The molecule has 0 aliphatic carbocycles. The number of methoxy groups -OCH3 is 1. The molecule has 5 nitrogen and oxygen atoms in total. The second-order valence-electron chi connectivity index (χ2n) is 4.60. The molecule has 6 heteroatoms. The van der Waals surface area contributed by atoms with Gasteiger partial charge in [-0.15, -0.1) is 0 Å². The van der Waals surface area contributed by atoms with E-state index in [9.17, 15) is 0 Å². The zero-order valence-corrected chi connectivity index (χ0v) is 13.4. The normalized spacial score (nSPS) is 12.8.